The second-order valence-electron chi connectivity index (χ2n) is 7.86. The van der Waals surface area contributed by atoms with E-state index in [-0.39, 0.29) is 23.7 Å². The van der Waals surface area contributed by atoms with Crippen LogP contribution in [0.25, 0.3) is 22.2 Å². The number of H-pyrrole nitrogens is 2. The summed E-state index contributed by atoms with van der Waals surface area (Å²) in [6.45, 7) is 0. The fourth-order valence-corrected chi connectivity index (χ4v) is 4.31. The molecule has 0 bridgehead atoms. The Labute approximate surface area is 176 Å². The Bertz CT molecular complexity index is 1350. The van der Waals surface area contributed by atoms with Crippen molar-refractivity contribution in [2.24, 2.45) is 11.0 Å². The third kappa shape index (κ3) is 2.92. The van der Waals surface area contributed by atoms with Crippen LogP contribution in [-0.4, -0.2) is 33.0 Å². The quantitative estimate of drug-likeness (QED) is 0.413. The molecule has 1 fully saturated rings. The van der Waals surface area contributed by atoms with E-state index in [1.807, 2.05) is 42.6 Å². The van der Waals surface area contributed by atoms with Crippen molar-refractivity contribution >= 4 is 34.6 Å². The number of hydrogen-bond donors (Lipinski definition) is 4. The Morgan fingerprint density at radius 1 is 1.16 bits per heavy atom. The van der Waals surface area contributed by atoms with Crippen molar-refractivity contribution in [1.82, 2.24) is 20.4 Å². The molecule has 2 aliphatic rings. The second kappa shape index (κ2) is 6.66. The Kier molecular flexibility index (Phi) is 3.79. The maximum atomic E-state index is 12.8. The van der Waals surface area contributed by atoms with E-state index < -0.39 is 0 Å². The van der Waals surface area contributed by atoms with Gasteiger partial charge in [0.2, 0.25) is 5.91 Å². The van der Waals surface area contributed by atoms with Gasteiger partial charge in [-0.25, -0.2) is 10.4 Å². The fourth-order valence-electron chi connectivity index (χ4n) is 4.31. The van der Waals surface area contributed by atoms with Crippen molar-refractivity contribution in [2.45, 2.75) is 12.3 Å². The minimum Gasteiger partial charge on any atom is -0.354 e. The molecule has 8 nitrogen and oxygen atoms in total. The van der Waals surface area contributed by atoms with Gasteiger partial charge in [0.05, 0.1) is 29.5 Å². The van der Waals surface area contributed by atoms with Crippen LogP contribution in [0.4, 0.5) is 5.69 Å². The lowest BCUT2D eigenvalue weighted by Crippen LogP contribution is -2.18. The molecule has 31 heavy (non-hydrogen) atoms. The van der Waals surface area contributed by atoms with Crippen molar-refractivity contribution in [3.05, 3.63) is 71.8 Å². The first-order chi connectivity index (χ1) is 15.2. The van der Waals surface area contributed by atoms with E-state index in [0.29, 0.717) is 11.3 Å². The molecule has 1 aliphatic carbocycles. The number of nitrogens with one attached hydrogen (secondary N) is 4. The zero-order valence-electron chi connectivity index (χ0n) is 16.3. The maximum Gasteiger partial charge on any atom is 0.272 e. The fraction of sp³-hybridized carbons (Fsp3) is 0.130. The molecular formula is C23H18N6O2. The number of aromatic nitrogens is 3. The molecule has 2 atom stereocenters. The molecule has 0 saturated heterocycles. The first-order valence-corrected chi connectivity index (χ1v) is 10.1. The first kappa shape index (κ1) is 17.6. The Morgan fingerprint density at radius 3 is 2.84 bits per heavy atom. The zero-order chi connectivity index (χ0) is 20.9. The summed E-state index contributed by atoms with van der Waals surface area (Å²) >= 11 is 0. The van der Waals surface area contributed by atoms with Gasteiger partial charge >= 0.3 is 0 Å². The van der Waals surface area contributed by atoms with Crippen LogP contribution in [0.15, 0.2) is 60.1 Å². The number of carbonyl (C=O) groups is 2. The molecule has 4 aromatic rings. The summed E-state index contributed by atoms with van der Waals surface area (Å²) < 4.78 is 0. The summed E-state index contributed by atoms with van der Waals surface area (Å²) in [5, 5.41) is 7.84. The Hall–Kier alpha value is -4.20. The van der Waals surface area contributed by atoms with Crippen LogP contribution in [0.3, 0.4) is 0 Å². The molecule has 2 aromatic carbocycles. The van der Waals surface area contributed by atoms with E-state index in [1.54, 1.807) is 18.6 Å². The molecule has 1 saturated carbocycles. The average Bonchev–Trinajstić information content (AvgIpc) is 3.29. The lowest BCUT2D eigenvalue weighted by atomic mass is 10.0. The number of nitrogens with zero attached hydrogens (tertiary/aromatic N) is 2. The van der Waals surface area contributed by atoms with E-state index in [1.165, 1.54) is 0 Å². The summed E-state index contributed by atoms with van der Waals surface area (Å²) in [4.78, 5) is 36.0. The summed E-state index contributed by atoms with van der Waals surface area (Å²) in [6.07, 6.45) is 5.88. The number of carbonyl (C=O) groups excluding carboxylic acids is 2. The molecule has 2 amide bonds. The van der Waals surface area contributed by atoms with Gasteiger partial charge in [-0.05, 0) is 24.1 Å². The highest BCUT2D eigenvalue weighted by Crippen LogP contribution is 2.47. The molecule has 2 unspecified atom stereocenters. The minimum atomic E-state index is -0.310. The molecule has 2 aromatic heterocycles. The SMILES string of the molecule is O=C1NN=Cc2c(-c3ccccc3)[nH]c3cc(NC(=O)C4CC4c4c[nH]cn4)cc1c23. The Morgan fingerprint density at radius 2 is 2.03 bits per heavy atom. The van der Waals surface area contributed by atoms with Crippen molar-refractivity contribution < 1.29 is 9.59 Å². The highest BCUT2D eigenvalue weighted by atomic mass is 16.2. The van der Waals surface area contributed by atoms with Gasteiger partial charge in [-0.3, -0.25) is 9.59 Å². The van der Waals surface area contributed by atoms with E-state index in [2.05, 4.69) is 30.8 Å². The molecule has 4 N–H and O–H groups in total. The number of imidazole rings is 1. The van der Waals surface area contributed by atoms with E-state index in [0.717, 1.165) is 39.8 Å². The molecule has 1 aliphatic heterocycles. The van der Waals surface area contributed by atoms with Crippen molar-refractivity contribution in [3.63, 3.8) is 0 Å². The summed E-state index contributed by atoms with van der Waals surface area (Å²) in [6, 6.07) is 13.5. The van der Waals surface area contributed by atoms with Gasteiger partial charge in [-0.2, -0.15) is 5.10 Å². The number of aromatic amines is 2. The van der Waals surface area contributed by atoms with Crippen molar-refractivity contribution in [3.8, 4) is 11.3 Å². The predicted molar refractivity (Wildman–Crippen MR) is 117 cm³/mol. The lowest BCUT2D eigenvalue weighted by molar-refractivity contribution is -0.117. The second-order valence-corrected chi connectivity index (χ2v) is 7.86. The van der Waals surface area contributed by atoms with Crippen LogP contribution < -0.4 is 10.7 Å². The van der Waals surface area contributed by atoms with Crippen molar-refractivity contribution in [2.75, 3.05) is 5.32 Å². The number of hydrazone groups is 1. The number of anilines is 1. The van der Waals surface area contributed by atoms with Crippen molar-refractivity contribution in [1.29, 1.82) is 0 Å². The number of rotatable bonds is 4. The van der Waals surface area contributed by atoms with Gasteiger partial charge in [-0.15, -0.1) is 0 Å². The van der Waals surface area contributed by atoms with E-state index >= 15 is 0 Å². The first-order valence-electron chi connectivity index (χ1n) is 10.1. The van der Waals surface area contributed by atoms with Crippen LogP contribution in [-0.2, 0) is 4.79 Å². The van der Waals surface area contributed by atoms with Gasteiger partial charge < -0.3 is 15.3 Å². The topological polar surface area (TPSA) is 115 Å². The highest BCUT2D eigenvalue weighted by molar-refractivity contribution is 6.18. The summed E-state index contributed by atoms with van der Waals surface area (Å²) in [7, 11) is 0. The number of hydrogen-bond acceptors (Lipinski definition) is 4. The molecule has 0 spiro atoms. The number of benzene rings is 2. The Balaban J connectivity index is 1.39. The molecular weight excluding hydrogens is 392 g/mol. The smallest absolute Gasteiger partial charge is 0.272 e. The number of amides is 2. The lowest BCUT2D eigenvalue weighted by Gasteiger charge is -2.08. The summed E-state index contributed by atoms with van der Waals surface area (Å²) in [5.41, 5.74) is 7.97. The molecule has 8 heteroatoms. The maximum absolute atomic E-state index is 12.8. The summed E-state index contributed by atoms with van der Waals surface area (Å²) in [5.74, 6) is -0.361. The van der Waals surface area contributed by atoms with E-state index in [4.69, 9.17) is 0 Å². The van der Waals surface area contributed by atoms with Crippen LogP contribution in [0, 0.1) is 5.92 Å². The van der Waals surface area contributed by atoms with Crippen LogP contribution >= 0.6 is 0 Å². The molecule has 6 rings (SSSR count). The van der Waals surface area contributed by atoms with Gasteiger partial charge in [0, 0.05) is 40.2 Å². The minimum absolute atomic E-state index is 0.0695. The van der Waals surface area contributed by atoms with Gasteiger partial charge in [0.15, 0.2) is 0 Å². The van der Waals surface area contributed by atoms with Gasteiger partial charge in [0.25, 0.3) is 5.91 Å². The van der Waals surface area contributed by atoms with Crippen LogP contribution in [0.2, 0.25) is 0 Å². The average molecular weight is 410 g/mol. The largest absolute Gasteiger partial charge is 0.354 e. The van der Waals surface area contributed by atoms with Gasteiger partial charge in [-0.1, -0.05) is 30.3 Å². The highest BCUT2D eigenvalue weighted by Gasteiger charge is 2.45. The van der Waals surface area contributed by atoms with Crippen LogP contribution in [0.1, 0.15) is 34.0 Å². The van der Waals surface area contributed by atoms with Gasteiger partial charge in [0.1, 0.15) is 0 Å². The third-order valence-corrected chi connectivity index (χ3v) is 5.90. The predicted octanol–water partition coefficient (Wildman–Crippen LogP) is 3.38. The standard InChI is InChI=1S/C23H18N6O2/c30-22(15-8-14(15)19-10-24-11-25-19)27-13-6-16-20-17(9-26-29-23(16)31)21(28-18(20)7-13)12-4-2-1-3-5-12/h1-7,9-11,14-15,28H,8H2,(H,24,25)(H,27,30)(H,29,31). The molecule has 3 heterocycles. The molecule has 0 radical (unpaired) electrons. The monoisotopic (exact) mass is 410 g/mol. The van der Waals surface area contributed by atoms with E-state index in [9.17, 15) is 9.59 Å². The normalized spacial score (nSPS) is 19.2. The molecule has 152 valence electrons. The third-order valence-electron chi connectivity index (χ3n) is 5.90. The van der Waals surface area contributed by atoms with Crippen LogP contribution in [0.5, 0.6) is 0 Å². The zero-order valence-corrected chi connectivity index (χ0v) is 16.3.